The lowest BCUT2D eigenvalue weighted by atomic mass is 10.1. The molecule has 0 aromatic carbocycles. The number of pyridine rings is 1. The fourth-order valence-corrected chi connectivity index (χ4v) is 2.65. The highest BCUT2D eigenvalue weighted by Gasteiger charge is 2.11. The lowest BCUT2D eigenvalue weighted by molar-refractivity contribution is 0.591. The summed E-state index contributed by atoms with van der Waals surface area (Å²) in [6, 6.07) is 3.77. The first-order valence-electron chi connectivity index (χ1n) is 5.44. The van der Waals surface area contributed by atoms with Gasteiger partial charge in [-0.1, -0.05) is 11.6 Å². The van der Waals surface area contributed by atoms with E-state index >= 15 is 0 Å². The topological polar surface area (TPSA) is 43.3 Å². The van der Waals surface area contributed by atoms with Crippen LogP contribution in [0.25, 0.3) is 5.65 Å². The van der Waals surface area contributed by atoms with E-state index in [-0.39, 0.29) is 5.54 Å². The third kappa shape index (κ3) is 3.63. The Bertz CT molecular complexity index is 516. The summed E-state index contributed by atoms with van der Waals surface area (Å²) < 4.78 is 1.95. The molecule has 0 aliphatic carbocycles. The monoisotopic (exact) mass is 269 g/mol. The smallest absolute Gasteiger partial charge is 0.137 e. The summed E-state index contributed by atoms with van der Waals surface area (Å²) in [4.78, 5) is 4.52. The van der Waals surface area contributed by atoms with Crippen LogP contribution in [0.15, 0.2) is 24.5 Å². The van der Waals surface area contributed by atoms with E-state index in [0.29, 0.717) is 0 Å². The first kappa shape index (κ1) is 12.7. The summed E-state index contributed by atoms with van der Waals surface area (Å²) in [5.41, 5.74) is 7.78. The van der Waals surface area contributed by atoms with Crippen LogP contribution in [-0.4, -0.2) is 20.7 Å². The van der Waals surface area contributed by atoms with Gasteiger partial charge in [0.1, 0.15) is 5.65 Å². The van der Waals surface area contributed by atoms with Crippen molar-refractivity contribution in [2.45, 2.75) is 25.1 Å². The predicted molar refractivity (Wildman–Crippen MR) is 74.6 cm³/mol. The molecule has 0 fully saturated rings. The first-order chi connectivity index (χ1) is 7.94. The van der Waals surface area contributed by atoms with Crippen LogP contribution >= 0.6 is 23.4 Å². The molecular weight excluding hydrogens is 254 g/mol. The number of halogens is 1. The quantitative estimate of drug-likeness (QED) is 0.928. The van der Waals surface area contributed by atoms with E-state index in [1.807, 2.05) is 42.8 Å². The van der Waals surface area contributed by atoms with E-state index in [1.54, 1.807) is 11.8 Å². The molecule has 92 valence electrons. The van der Waals surface area contributed by atoms with Crippen LogP contribution in [0.1, 0.15) is 19.5 Å². The molecule has 2 heterocycles. The predicted octanol–water partition coefficient (Wildman–Crippen LogP) is 2.96. The lowest BCUT2D eigenvalue weighted by Gasteiger charge is -2.16. The fourth-order valence-electron chi connectivity index (χ4n) is 1.51. The molecule has 2 aromatic heterocycles. The Hall–Kier alpha value is -0.710. The second kappa shape index (κ2) is 4.88. The molecule has 0 atom stereocenters. The fraction of sp³-hybridized carbons (Fsp3) is 0.417. The van der Waals surface area contributed by atoms with Crippen molar-refractivity contribution in [1.82, 2.24) is 9.38 Å². The SMILES string of the molecule is CC(C)(N)CSCc1cn2cc(Cl)ccc2n1. The molecule has 0 spiro atoms. The van der Waals surface area contributed by atoms with Crippen molar-refractivity contribution < 1.29 is 0 Å². The minimum Gasteiger partial charge on any atom is -0.325 e. The Morgan fingerprint density at radius 1 is 1.41 bits per heavy atom. The van der Waals surface area contributed by atoms with Crippen molar-refractivity contribution in [1.29, 1.82) is 0 Å². The molecule has 17 heavy (non-hydrogen) atoms. The molecule has 3 nitrogen and oxygen atoms in total. The van der Waals surface area contributed by atoms with Crippen LogP contribution in [0.3, 0.4) is 0 Å². The van der Waals surface area contributed by atoms with Gasteiger partial charge in [-0.25, -0.2) is 4.98 Å². The van der Waals surface area contributed by atoms with Crippen molar-refractivity contribution in [2.24, 2.45) is 5.73 Å². The van der Waals surface area contributed by atoms with E-state index in [1.165, 1.54) is 0 Å². The van der Waals surface area contributed by atoms with Crippen molar-refractivity contribution in [3.8, 4) is 0 Å². The van der Waals surface area contributed by atoms with Crippen molar-refractivity contribution in [3.63, 3.8) is 0 Å². The van der Waals surface area contributed by atoms with E-state index in [0.717, 1.165) is 27.9 Å². The molecular formula is C12H16ClN3S. The summed E-state index contributed by atoms with van der Waals surface area (Å²) in [7, 11) is 0. The van der Waals surface area contributed by atoms with Gasteiger partial charge in [0, 0.05) is 29.4 Å². The zero-order chi connectivity index (χ0) is 12.5. The summed E-state index contributed by atoms with van der Waals surface area (Å²) in [6.45, 7) is 4.06. The largest absolute Gasteiger partial charge is 0.325 e. The maximum atomic E-state index is 5.93. The molecule has 2 aromatic rings. The Labute approximate surface area is 110 Å². The Morgan fingerprint density at radius 2 is 2.18 bits per heavy atom. The van der Waals surface area contributed by atoms with Gasteiger partial charge in [-0.05, 0) is 26.0 Å². The van der Waals surface area contributed by atoms with Crippen LogP contribution in [-0.2, 0) is 5.75 Å². The highest BCUT2D eigenvalue weighted by Crippen LogP contribution is 2.17. The van der Waals surface area contributed by atoms with Crippen LogP contribution < -0.4 is 5.73 Å². The Kier molecular flexibility index (Phi) is 3.66. The lowest BCUT2D eigenvalue weighted by Crippen LogP contribution is -2.34. The van der Waals surface area contributed by atoms with E-state index in [2.05, 4.69) is 4.98 Å². The number of hydrogen-bond acceptors (Lipinski definition) is 3. The number of imidazole rings is 1. The zero-order valence-electron chi connectivity index (χ0n) is 9.98. The summed E-state index contributed by atoms with van der Waals surface area (Å²) in [5.74, 6) is 1.79. The van der Waals surface area contributed by atoms with Gasteiger partial charge in [-0.2, -0.15) is 11.8 Å². The third-order valence-corrected chi connectivity index (χ3v) is 3.86. The van der Waals surface area contributed by atoms with E-state index in [4.69, 9.17) is 17.3 Å². The molecule has 2 N–H and O–H groups in total. The van der Waals surface area contributed by atoms with Crippen LogP contribution in [0.4, 0.5) is 0 Å². The Morgan fingerprint density at radius 3 is 2.88 bits per heavy atom. The average Bonchev–Trinajstić information content (AvgIpc) is 2.57. The van der Waals surface area contributed by atoms with Crippen LogP contribution in [0, 0.1) is 0 Å². The van der Waals surface area contributed by atoms with Gasteiger partial charge in [0.25, 0.3) is 0 Å². The van der Waals surface area contributed by atoms with Gasteiger partial charge >= 0.3 is 0 Å². The second-order valence-corrected chi connectivity index (χ2v) is 6.25. The number of thioether (sulfide) groups is 1. The van der Waals surface area contributed by atoms with Crippen molar-refractivity contribution in [3.05, 3.63) is 35.2 Å². The molecule has 0 radical (unpaired) electrons. The van der Waals surface area contributed by atoms with Crippen molar-refractivity contribution >= 4 is 29.0 Å². The number of aromatic nitrogens is 2. The highest BCUT2D eigenvalue weighted by molar-refractivity contribution is 7.98. The molecule has 0 bridgehead atoms. The number of rotatable bonds is 4. The number of nitrogens with two attached hydrogens (primary N) is 1. The summed E-state index contributed by atoms with van der Waals surface area (Å²) in [6.07, 6.45) is 3.88. The molecule has 5 heteroatoms. The summed E-state index contributed by atoms with van der Waals surface area (Å²) in [5, 5.41) is 0.720. The maximum absolute atomic E-state index is 5.93. The van der Waals surface area contributed by atoms with E-state index in [9.17, 15) is 0 Å². The van der Waals surface area contributed by atoms with Gasteiger partial charge in [-0.15, -0.1) is 0 Å². The van der Waals surface area contributed by atoms with Gasteiger partial charge in [0.15, 0.2) is 0 Å². The van der Waals surface area contributed by atoms with Crippen LogP contribution in [0.5, 0.6) is 0 Å². The van der Waals surface area contributed by atoms with Gasteiger partial charge in [-0.3, -0.25) is 0 Å². The van der Waals surface area contributed by atoms with Crippen LogP contribution in [0.2, 0.25) is 5.02 Å². The molecule has 0 saturated carbocycles. The molecule has 0 amide bonds. The molecule has 2 rings (SSSR count). The number of hydrogen-bond donors (Lipinski definition) is 1. The average molecular weight is 270 g/mol. The summed E-state index contributed by atoms with van der Waals surface area (Å²) >= 11 is 7.72. The Balaban J connectivity index is 2.05. The second-order valence-electron chi connectivity index (χ2n) is 4.83. The van der Waals surface area contributed by atoms with Crippen molar-refractivity contribution in [2.75, 3.05) is 5.75 Å². The number of fused-ring (bicyclic) bond motifs is 1. The third-order valence-electron chi connectivity index (χ3n) is 2.19. The van der Waals surface area contributed by atoms with Gasteiger partial charge in [0.2, 0.25) is 0 Å². The van der Waals surface area contributed by atoms with E-state index < -0.39 is 0 Å². The standard InChI is InChI=1S/C12H16ClN3S/c1-12(2,14)8-17-7-10-6-16-5-9(13)3-4-11(16)15-10/h3-6H,7-8,14H2,1-2H3. The molecule has 0 saturated heterocycles. The molecule has 0 unspecified atom stereocenters. The maximum Gasteiger partial charge on any atom is 0.137 e. The normalized spacial score (nSPS) is 12.2. The highest BCUT2D eigenvalue weighted by atomic mass is 35.5. The minimum absolute atomic E-state index is 0.132. The zero-order valence-corrected chi connectivity index (χ0v) is 11.6. The van der Waals surface area contributed by atoms with Gasteiger partial charge < -0.3 is 10.1 Å². The minimum atomic E-state index is -0.132. The van der Waals surface area contributed by atoms with Gasteiger partial charge in [0.05, 0.1) is 10.7 Å². The first-order valence-corrected chi connectivity index (χ1v) is 6.97. The molecule has 0 aliphatic heterocycles. The number of nitrogens with zero attached hydrogens (tertiary/aromatic N) is 2. The molecule has 0 aliphatic rings.